The van der Waals surface area contributed by atoms with E-state index in [0.717, 1.165) is 24.1 Å². The number of hydrogen-bond acceptors (Lipinski definition) is 3. The van der Waals surface area contributed by atoms with Crippen LogP contribution in [0.1, 0.15) is 12.8 Å². The summed E-state index contributed by atoms with van der Waals surface area (Å²) in [7, 11) is 2.20. The second-order valence-corrected chi connectivity index (χ2v) is 5.58. The van der Waals surface area contributed by atoms with Crippen LogP contribution in [0.4, 0.5) is 5.95 Å². The molecular weight excluding hydrogens is 248 g/mol. The van der Waals surface area contributed by atoms with Crippen molar-refractivity contribution < 1.29 is 0 Å². The summed E-state index contributed by atoms with van der Waals surface area (Å²) in [6.07, 6.45) is 6.40. The van der Waals surface area contributed by atoms with Crippen LogP contribution in [0, 0.1) is 5.92 Å². The molecule has 1 aliphatic heterocycles. The summed E-state index contributed by atoms with van der Waals surface area (Å²) >= 11 is 0. The maximum Gasteiger partial charge on any atom is 0.207 e. The van der Waals surface area contributed by atoms with Crippen molar-refractivity contribution in [2.24, 2.45) is 5.92 Å². The van der Waals surface area contributed by atoms with Gasteiger partial charge in [0, 0.05) is 24.6 Å². The van der Waals surface area contributed by atoms with E-state index in [4.69, 9.17) is 0 Å². The van der Waals surface area contributed by atoms with Crippen LogP contribution in [-0.4, -0.2) is 41.1 Å². The van der Waals surface area contributed by atoms with Gasteiger partial charge in [0.1, 0.15) is 0 Å². The fraction of sp³-hybridized carbons (Fsp3) is 0.438. The summed E-state index contributed by atoms with van der Waals surface area (Å²) in [5.41, 5.74) is 1.15. The van der Waals surface area contributed by atoms with Gasteiger partial charge in [-0.2, -0.15) is 0 Å². The molecule has 0 amide bonds. The van der Waals surface area contributed by atoms with Gasteiger partial charge in [-0.25, -0.2) is 4.98 Å². The number of piperidine rings is 1. The van der Waals surface area contributed by atoms with Crippen LogP contribution < -0.4 is 5.32 Å². The molecule has 0 bridgehead atoms. The van der Waals surface area contributed by atoms with E-state index in [1.165, 1.54) is 25.9 Å². The van der Waals surface area contributed by atoms with Gasteiger partial charge in [-0.05, 0) is 51.0 Å². The Hall–Kier alpha value is -1.81. The molecule has 4 heteroatoms. The van der Waals surface area contributed by atoms with Gasteiger partial charge >= 0.3 is 0 Å². The predicted molar refractivity (Wildman–Crippen MR) is 82.3 cm³/mol. The van der Waals surface area contributed by atoms with E-state index in [2.05, 4.69) is 51.1 Å². The fourth-order valence-corrected chi connectivity index (χ4v) is 2.73. The number of imidazole rings is 1. The van der Waals surface area contributed by atoms with Crippen LogP contribution in [0.25, 0.3) is 5.69 Å². The maximum absolute atomic E-state index is 4.43. The van der Waals surface area contributed by atoms with Crippen molar-refractivity contribution in [3.05, 3.63) is 42.7 Å². The van der Waals surface area contributed by atoms with Gasteiger partial charge in [0.15, 0.2) is 0 Å². The van der Waals surface area contributed by atoms with E-state index < -0.39 is 0 Å². The largest absolute Gasteiger partial charge is 0.355 e. The number of para-hydroxylation sites is 1. The number of aromatic nitrogens is 2. The van der Waals surface area contributed by atoms with Gasteiger partial charge in [0.25, 0.3) is 0 Å². The lowest BCUT2D eigenvalue weighted by molar-refractivity contribution is 0.226. The minimum Gasteiger partial charge on any atom is -0.355 e. The van der Waals surface area contributed by atoms with Crippen LogP contribution >= 0.6 is 0 Å². The number of nitrogens with one attached hydrogen (secondary N) is 1. The molecule has 0 radical (unpaired) electrons. The van der Waals surface area contributed by atoms with E-state index >= 15 is 0 Å². The van der Waals surface area contributed by atoms with Crippen molar-refractivity contribution in [1.82, 2.24) is 14.5 Å². The number of anilines is 1. The Bertz CT molecular complexity index is 526. The second-order valence-electron chi connectivity index (χ2n) is 5.58. The Morgan fingerprint density at radius 2 is 1.95 bits per heavy atom. The third-order valence-electron chi connectivity index (χ3n) is 4.06. The fourth-order valence-electron chi connectivity index (χ4n) is 2.73. The number of hydrogen-bond donors (Lipinski definition) is 1. The number of benzene rings is 1. The van der Waals surface area contributed by atoms with Crippen molar-refractivity contribution in [1.29, 1.82) is 0 Å². The Morgan fingerprint density at radius 3 is 2.70 bits per heavy atom. The van der Waals surface area contributed by atoms with E-state index in [1.54, 1.807) is 0 Å². The Labute approximate surface area is 120 Å². The molecule has 1 N–H and O–H groups in total. The molecule has 0 unspecified atom stereocenters. The van der Waals surface area contributed by atoms with Crippen molar-refractivity contribution in [2.45, 2.75) is 12.8 Å². The summed E-state index contributed by atoms with van der Waals surface area (Å²) in [5, 5.41) is 3.51. The lowest BCUT2D eigenvalue weighted by Crippen LogP contribution is -2.33. The second kappa shape index (κ2) is 6.09. The summed E-state index contributed by atoms with van der Waals surface area (Å²) < 4.78 is 2.11. The zero-order valence-electron chi connectivity index (χ0n) is 12.0. The lowest BCUT2D eigenvalue weighted by atomic mass is 9.97. The number of likely N-dealkylation sites (tertiary alicyclic amines) is 1. The molecule has 2 heterocycles. The highest BCUT2D eigenvalue weighted by Gasteiger charge is 2.17. The minimum atomic E-state index is 0.757. The first-order valence-electron chi connectivity index (χ1n) is 7.34. The standard InChI is InChI=1S/C16H22N4/c1-19-10-7-14(8-11-19)13-18-16-17-9-12-20(16)15-5-3-2-4-6-15/h2-6,9,12,14H,7-8,10-11,13H2,1H3,(H,17,18). The van der Waals surface area contributed by atoms with Crippen molar-refractivity contribution in [3.8, 4) is 5.69 Å². The Morgan fingerprint density at radius 1 is 1.20 bits per heavy atom. The van der Waals surface area contributed by atoms with Gasteiger partial charge in [0.2, 0.25) is 5.95 Å². The molecule has 0 atom stereocenters. The third kappa shape index (κ3) is 3.02. The lowest BCUT2D eigenvalue weighted by Gasteiger charge is -2.29. The molecule has 0 saturated carbocycles. The summed E-state index contributed by atoms with van der Waals surface area (Å²) in [6, 6.07) is 10.3. The topological polar surface area (TPSA) is 33.1 Å². The first-order valence-corrected chi connectivity index (χ1v) is 7.34. The first-order chi connectivity index (χ1) is 9.83. The highest BCUT2D eigenvalue weighted by Crippen LogP contribution is 2.18. The normalized spacial score (nSPS) is 17.2. The highest BCUT2D eigenvalue weighted by atomic mass is 15.2. The zero-order valence-corrected chi connectivity index (χ0v) is 12.0. The molecule has 20 heavy (non-hydrogen) atoms. The van der Waals surface area contributed by atoms with Crippen molar-refractivity contribution in [2.75, 3.05) is 32.0 Å². The summed E-state index contributed by atoms with van der Waals surface area (Å²) in [6.45, 7) is 3.43. The Kier molecular flexibility index (Phi) is 4.02. The minimum absolute atomic E-state index is 0.757. The van der Waals surface area contributed by atoms with Crippen LogP contribution in [-0.2, 0) is 0 Å². The molecule has 1 aromatic carbocycles. The average Bonchev–Trinajstić information content (AvgIpc) is 2.96. The Balaban J connectivity index is 1.63. The molecular formula is C16H22N4. The SMILES string of the molecule is CN1CCC(CNc2nccn2-c2ccccc2)CC1. The number of nitrogens with zero attached hydrogens (tertiary/aromatic N) is 3. The molecule has 2 aromatic rings. The van der Waals surface area contributed by atoms with E-state index in [9.17, 15) is 0 Å². The summed E-state index contributed by atoms with van der Waals surface area (Å²) in [4.78, 5) is 6.84. The maximum atomic E-state index is 4.43. The number of rotatable bonds is 4. The van der Waals surface area contributed by atoms with Gasteiger partial charge < -0.3 is 10.2 Å². The van der Waals surface area contributed by atoms with Crippen LogP contribution in [0.3, 0.4) is 0 Å². The smallest absolute Gasteiger partial charge is 0.207 e. The van der Waals surface area contributed by atoms with Crippen LogP contribution in [0.15, 0.2) is 42.7 Å². The van der Waals surface area contributed by atoms with Gasteiger partial charge in [0.05, 0.1) is 0 Å². The third-order valence-corrected chi connectivity index (χ3v) is 4.06. The van der Waals surface area contributed by atoms with E-state index in [0.29, 0.717) is 0 Å². The molecule has 1 fully saturated rings. The first kappa shape index (κ1) is 13.2. The zero-order chi connectivity index (χ0) is 13.8. The van der Waals surface area contributed by atoms with Crippen LogP contribution in [0.2, 0.25) is 0 Å². The van der Waals surface area contributed by atoms with Crippen molar-refractivity contribution in [3.63, 3.8) is 0 Å². The predicted octanol–water partition coefficient (Wildman–Crippen LogP) is 2.63. The van der Waals surface area contributed by atoms with Crippen molar-refractivity contribution >= 4 is 5.95 Å². The van der Waals surface area contributed by atoms with E-state index in [1.807, 2.05) is 18.5 Å². The molecule has 0 aliphatic carbocycles. The van der Waals surface area contributed by atoms with Gasteiger partial charge in [-0.3, -0.25) is 4.57 Å². The molecule has 3 rings (SSSR count). The van der Waals surface area contributed by atoms with Gasteiger partial charge in [-0.1, -0.05) is 18.2 Å². The highest BCUT2D eigenvalue weighted by molar-refractivity contribution is 5.41. The monoisotopic (exact) mass is 270 g/mol. The van der Waals surface area contributed by atoms with Crippen LogP contribution in [0.5, 0.6) is 0 Å². The molecule has 106 valence electrons. The molecule has 1 saturated heterocycles. The molecule has 0 spiro atoms. The molecule has 4 nitrogen and oxygen atoms in total. The van der Waals surface area contributed by atoms with E-state index in [-0.39, 0.29) is 0 Å². The molecule has 1 aliphatic rings. The average molecular weight is 270 g/mol. The molecule has 1 aromatic heterocycles. The summed E-state index contributed by atoms with van der Waals surface area (Å²) in [5.74, 6) is 1.70. The van der Waals surface area contributed by atoms with Gasteiger partial charge in [-0.15, -0.1) is 0 Å². The quantitative estimate of drug-likeness (QED) is 0.927.